The molecule has 0 saturated carbocycles. The van der Waals surface area contributed by atoms with Crippen molar-refractivity contribution in [1.82, 2.24) is 25.3 Å². The van der Waals surface area contributed by atoms with Gasteiger partial charge in [0.2, 0.25) is 5.91 Å². The molecule has 7 nitrogen and oxygen atoms in total. The normalized spacial score (nSPS) is 21.8. The van der Waals surface area contributed by atoms with Crippen LogP contribution >= 0.6 is 0 Å². The van der Waals surface area contributed by atoms with Crippen LogP contribution in [0.4, 0.5) is 0 Å². The fraction of sp³-hybridized carbons (Fsp3) is 0.667. The van der Waals surface area contributed by atoms with Crippen molar-refractivity contribution in [3.05, 3.63) is 17.5 Å². The topological polar surface area (TPSA) is 79.3 Å². The lowest BCUT2D eigenvalue weighted by molar-refractivity contribution is -0.121. The minimum absolute atomic E-state index is 0.0625. The summed E-state index contributed by atoms with van der Waals surface area (Å²) in [4.78, 5) is 25.9. The fourth-order valence-corrected chi connectivity index (χ4v) is 3.03. The van der Waals surface area contributed by atoms with Gasteiger partial charge in [0.1, 0.15) is 0 Å². The average Bonchev–Trinajstić information content (AvgIpc) is 2.99. The van der Waals surface area contributed by atoms with Crippen molar-refractivity contribution in [1.29, 1.82) is 0 Å². The summed E-state index contributed by atoms with van der Waals surface area (Å²) >= 11 is 0. The molecule has 2 amide bonds. The summed E-state index contributed by atoms with van der Waals surface area (Å²) < 4.78 is 1.64. The number of nitrogens with one attached hydrogen (secondary N) is 2. The van der Waals surface area contributed by atoms with Crippen molar-refractivity contribution in [3.63, 3.8) is 0 Å². The van der Waals surface area contributed by atoms with Gasteiger partial charge in [0.15, 0.2) is 0 Å². The smallest absolute Gasteiger partial charge is 0.254 e. The van der Waals surface area contributed by atoms with Crippen molar-refractivity contribution >= 4 is 11.8 Å². The van der Waals surface area contributed by atoms with E-state index in [-0.39, 0.29) is 23.9 Å². The first-order valence-electron chi connectivity index (χ1n) is 7.63. The van der Waals surface area contributed by atoms with Crippen LogP contribution < -0.4 is 10.6 Å². The quantitative estimate of drug-likeness (QED) is 0.806. The Labute approximate surface area is 131 Å². The summed E-state index contributed by atoms with van der Waals surface area (Å²) in [5.74, 6) is -0.0266. The molecule has 7 heteroatoms. The van der Waals surface area contributed by atoms with E-state index in [4.69, 9.17) is 0 Å². The number of aromatic nitrogens is 2. The van der Waals surface area contributed by atoms with Gasteiger partial charge in [-0.3, -0.25) is 19.2 Å². The van der Waals surface area contributed by atoms with Crippen LogP contribution in [0.3, 0.4) is 0 Å². The predicted octanol–water partition coefficient (Wildman–Crippen LogP) is 0.0572. The van der Waals surface area contributed by atoms with Crippen LogP contribution in [0, 0.1) is 6.92 Å². The number of carbonyl (C=O) groups is 2. The first-order chi connectivity index (χ1) is 10.4. The summed E-state index contributed by atoms with van der Waals surface area (Å²) in [6, 6.07) is 0.526. The Bertz CT molecular complexity index is 554. The Morgan fingerprint density at radius 3 is 2.59 bits per heavy atom. The standard InChI is InChI=1S/C15H25N5O2/c1-10-13(9-19(3)18-10)15(22)17-8-12-6-5-11(20(12)4)7-14(21)16-2/h9,11-12H,5-8H2,1-4H3,(H,16,21)(H,17,22)/t11-,12+/m1/s1. The van der Waals surface area contributed by atoms with Crippen LogP contribution in [0.25, 0.3) is 0 Å². The molecule has 0 aromatic carbocycles. The van der Waals surface area contributed by atoms with Gasteiger partial charge in [0.25, 0.3) is 5.91 Å². The van der Waals surface area contributed by atoms with E-state index in [1.165, 1.54) is 0 Å². The molecule has 2 heterocycles. The molecular weight excluding hydrogens is 282 g/mol. The molecule has 1 fully saturated rings. The number of nitrogens with zero attached hydrogens (tertiary/aromatic N) is 3. The van der Waals surface area contributed by atoms with E-state index >= 15 is 0 Å². The molecule has 0 unspecified atom stereocenters. The first-order valence-corrected chi connectivity index (χ1v) is 7.63. The van der Waals surface area contributed by atoms with Gasteiger partial charge in [-0.1, -0.05) is 0 Å². The monoisotopic (exact) mass is 307 g/mol. The number of likely N-dealkylation sites (N-methyl/N-ethyl adjacent to an activating group) is 1. The Hall–Kier alpha value is -1.89. The SMILES string of the molecule is CNC(=O)C[C@H]1CC[C@@H](CNC(=O)c2cn(C)nc2C)N1C. The van der Waals surface area contributed by atoms with Crippen molar-refractivity contribution in [2.24, 2.45) is 7.05 Å². The number of amides is 2. The van der Waals surface area contributed by atoms with Gasteiger partial charge < -0.3 is 10.6 Å². The summed E-state index contributed by atoms with van der Waals surface area (Å²) in [5, 5.41) is 9.82. The van der Waals surface area contributed by atoms with Crippen LogP contribution in [-0.2, 0) is 11.8 Å². The molecule has 2 atom stereocenters. The second kappa shape index (κ2) is 6.91. The number of aryl methyl sites for hydroxylation is 2. The van der Waals surface area contributed by atoms with E-state index in [0.29, 0.717) is 18.5 Å². The van der Waals surface area contributed by atoms with Crippen molar-refractivity contribution in [3.8, 4) is 0 Å². The Kier molecular flexibility index (Phi) is 5.18. The minimum atomic E-state index is -0.0891. The highest BCUT2D eigenvalue weighted by molar-refractivity contribution is 5.95. The number of hydrogen-bond acceptors (Lipinski definition) is 4. The van der Waals surface area contributed by atoms with Crippen LogP contribution in [0.5, 0.6) is 0 Å². The maximum Gasteiger partial charge on any atom is 0.254 e. The zero-order chi connectivity index (χ0) is 16.3. The van der Waals surface area contributed by atoms with Crippen LogP contribution in [0.15, 0.2) is 6.20 Å². The van der Waals surface area contributed by atoms with Gasteiger partial charge in [-0.2, -0.15) is 5.10 Å². The zero-order valence-electron chi connectivity index (χ0n) is 13.7. The minimum Gasteiger partial charge on any atom is -0.359 e. The molecular formula is C15H25N5O2. The molecule has 1 aliphatic rings. The van der Waals surface area contributed by atoms with Gasteiger partial charge in [0.05, 0.1) is 11.3 Å². The second-order valence-electron chi connectivity index (χ2n) is 5.94. The van der Waals surface area contributed by atoms with Gasteiger partial charge >= 0.3 is 0 Å². The molecule has 1 aliphatic heterocycles. The summed E-state index contributed by atoms with van der Waals surface area (Å²) in [6.45, 7) is 2.42. The summed E-state index contributed by atoms with van der Waals surface area (Å²) in [5.41, 5.74) is 1.35. The molecule has 2 N–H and O–H groups in total. The third-order valence-corrected chi connectivity index (χ3v) is 4.44. The van der Waals surface area contributed by atoms with Crippen LogP contribution in [0.2, 0.25) is 0 Å². The molecule has 0 bridgehead atoms. The number of rotatable bonds is 5. The van der Waals surface area contributed by atoms with Crippen LogP contribution in [0.1, 0.15) is 35.3 Å². The van der Waals surface area contributed by atoms with Crippen molar-refractivity contribution < 1.29 is 9.59 Å². The highest BCUT2D eigenvalue weighted by Gasteiger charge is 2.31. The van der Waals surface area contributed by atoms with Crippen molar-refractivity contribution in [2.75, 3.05) is 20.6 Å². The maximum atomic E-state index is 12.2. The lowest BCUT2D eigenvalue weighted by Gasteiger charge is -2.25. The highest BCUT2D eigenvalue weighted by atomic mass is 16.2. The highest BCUT2D eigenvalue weighted by Crippen LogP contribution is 2.24. The molecule has 1 aromatic heterocycles. The zero-order valence-corrected chi connectivity index (χ0v) is 13.7. The molecule has 0 radical (unpaired) electrons. The molecule has 2 rings (SSSR count). The van der Waals surface area contributed by atoms with Gasteiger partial charge in [0, 0.05) is 45.3 Å². The Morgan fingerprint density at radius 2 is 2.00 bits per heavy atom. The second-order valence-corrected chi connectivity index (χ2v) is 5.94. The lowest BCUT2D eigenvalue weighted by Crippen LogP contribution is -2.42. The summed E-state index contributed by atoms with van der Waals surface area (Å²) in [7, 11) is 5.48. The van der Waals surface area contributed by atoms with E-state index in [0.717, 1.165) is 18.5 Å². The molecule has 1 aromatic rings. The molecule has 1 saturated heterocycles. The summed E-state index contributed by atoms with van der Waals surface area (Å²) in [6.07, 6.45) is 4.22. The third-order valence-electron chi connectivity index (χ3n) is 4.44. The molecule has 122 valence electrons. The molecule has 22 heavy (non-hydrogen) atoms. The van der Waals surface area contributed by atoms with Crippen LogP contribution in [-0.4, -0.2) is 59.2 Å². The van der Waals surface area contributed by atoms with Crippen molar-refractivity contribution in [2.45, 2.75) is 38.3 Å². The number of likely N-dealkylation sites (tertiary alicyclic amines) is 1. The Morgan fingerprint density at radius 1 is 1.32 bits per heavy atom. The lowest BCUT2D eigenvalue weighted by atomic mass is 10.1. The molecule has 0 spiro atoms. The van der Waals surface area contributed by atoms with E-state index < -0.39 is 0 Å². The Balaban J connectivity index is 1.86. The molecule has 0 aliphatic carbocycles. The maximum absolute atomic E-state index is 12.2. The number of hydrogen-bond donors (Lipinski definition) is 2. The fourth-order valence-electron chi connectivity index (χ4n) is 3.03. The average molecular weight is 307 g/mol. The predicted molar refractivity (Wildman–Crippen MR) is 83.5 cm³/mol. The first kappa shape index (κ1) is 16.5. The third kappa shape index (κ3) is 3.65. The largest absolute Gasteiger partial charge is 0.359 e. The van der Waals surface area contributed by atoms with Gasteiger partial charge in [-0.05, 0) is 26.8 Å². The van der Waals surface area contributed by atoms with E-state index in [9.17, 15) is 9.59 Å². The van der Waals surface area contributed by atoms with E-state index in [1.54, 1.807) is 25.0 Å². The number of carbonyl (C=O) groups excluding carboxylic acids is 2. The van der Waals surface area contributed by atoms with E-state index in [1.807, 2.05) is 14.0 Å². The van der Waals surface area contributed by atoms with Gasteiger partial charge in [-0.15, -0.1) is 0 Å². The van der Waals surface area contributed by atoms with Gasteiger partial charge in [-0.25, -0.2) is 0 Å². The van der Waals surface area contributed by atoms with E-state index in [2.05, 4.69) is 20.6 Å².